The van der Waals surface area contributed by atoms with Gasteiger partial charge in [-0.2, -0.15) is 0 Å². The fourth-order valence-corrected chi connectivity index (χ4v) is 4.21. The molecule has 1 aromatic carbocycles. The van der Waals surface area contributed by atoms with E-state index < -0.39 is 6.10 Å². The van der Waals surface area contributed by atoms with Gasteiger partial charge in [-0.3, -0.25) is 9.59 Å². The van der Waals surface area contributed by atoms with Crippen molar-refractivity contribution >= 4 is 17.5 Å². The fraction of sp³-hybridized carbons (Fsp3) is 0.545. The molecule has 1 aliphatic carbocycles. The molecule has 2 aromatic rings. The second kappa shape index (κ2) is 9.38. The van der Waals surface area contributed by atoms with Gasteiger partial charge in [0.15, 0.2) is 5.82 Å². The van der Waals surface area contributed by atoms with Gasteiger partial charge in [0.1, 0.15) is 12.4 Å². The maximum absolute atomic E-state index is 12.7. The smallest absolute Gasteiger partial charge is 0.253 e. The summed E-state index contributed by atoms with van der Waals surface area (Å²) in [5, 5.41) is 14.1. The molecule has 160 valence electrons. The molecule has 0 spiro atoms. The quantitative estimate of drug-likeness (QED) is 0.761. The van der Waals surface area contributed by atoms with Gasteiger partial charge in [-0.05, 0) is 50.3 Å². The molecule has 1 aromatic heterocycles. The predicted molar refractivity (Wildman–Crippen MR) is 112 cm³/mol. The Bertz CT molecular complexity index is 898. The number of ether oxygens (including phenoxy) is 1. The van der Waals surface area contributed by atoms with E-state index in [2.05, 4.69) is 25.4 Å². The molecule has 1 saturated carbocycles. The Balaban J connectivity index is 1.39. The standard InChI is InChI=1S/C22H29N5O3/c1-15-9-10-16(12-18(15)25-22(29)19-8-5-11-30-19)21(28)23-13-20-26-24-14-27(20)17-6-3-2-4-7-17/h9-10,12,14,17,19H,2-8,11,13H2,1H3,(H,23,28)(H,25,29). The van der Waals surface area contributed by atoms with Crippen molar-refractivity contribution in [3.63, 3.8) is 0 Å². The molecule has 2 N–H and O–H groups in total. The SMILES string of the molecule is Cc1ccc(C(=O)NCc2nncn2C2CCCCC2)cc1NC(=O)C1CCCO1. The van der Waals surface area contributed by atoms with Crippen LogP contribution in [0.4, 0.5) is 5.69 Å². The number of anilines is 1. The minimum absolute atomic E-state index is 0.159. The second-order valence-electron chi connectivity index (χ2n) is 8.15. The molecular formula is C22H29N5O3. The maximum atomic E-state index is 12.7. The highest BCUT2D eigenvalue weighted by Crippen LogP contribution is 2.28. The monoisotopic (exact) mass is 411 g/mol. The number of nitrogens with one attached hydrogen (secondary N) is 2. The lowest BCUT2D eigenvalue weighted by Crippen LogP contribution is -2.28. The number of carbonyl (C=O) groups excluding carboxylic acids is 2. The normalized spacial score (nSPS) is 19.6. The summed E-state index contributed by atoms with van der Waals surface area (Å²) >= 11 is 0. The molecule has 8 heteroatoms. The van der Waals surface area contributed by atoms with Gasteiger partial charge in [-0.25, -0.2) is 0 Å². The molecule has 2 aliphatic rings. The summed E-state index contributed by atoms with van der Waals surface area (Å²) in [6.07, 6.45) is 8.96. The zero-order valence-corrected chi connectivity index (χ0v) is 17.4. The van der Waals surface area contributed by atoms with Gasteiger partial charge >= 0.3 is 0 Å². The summed E-state index contributed by atoms with van der Waals surface area (Å²) in [6.45, 7) is 2.84. The van der Waals surface area contributed by atoms with E-state index in [1.54, 1.807) is 18.5 Å². The largest absolute Gasteiger partial charge is 0.368 e. The molecule has 2 fully saturated rings. The van der Waals surface area contributed by atoms with Crippen LogP contribution in [0.1, 0.15) is 72.7 Å². The van der Waals surface area contributed by atoms with Crippen molar-refractivity contribution in [1.29, 1.82) is 0 Å². The molecular weight excluding hydrogens is 382 g/mol. The van der Waals surface area contributed by atoms with Crippen LogP contribution in [0.3, 0.4) is 0 Å². The Hall–Kier alpha value is -2.74. The van der Waals surface area contributed by atoms with Crippen molar-refractivity contribution in [2.24, 2.45) is 0 Å². The van der Waals surface area contributed by atoms with Gasteiger partial charge in [0.25, 0.3) is 11.8 Å². The first-order valence-corrected chi connectivity index (χ1v) is 10.8. The molecule has 1 aliphatic heterocycles. The fourth-order valence-electron chi connectivity index (χ4n) is 4.21. The lowest BCUT2D eigenvalue weighted by Gasteiger charge is -2.24. The topological polar surface area (TPSA) is 98.1 Å². The Morgan fingerprint density at radius 2 is 2.00 bits per heavy atom. The van der Waals surface area contributed by atoms with Gasteiger partial charge in [-0.1, -0.05) is 25.3 Å². The van der Waals surface area contributed by atoms with E-state index in [-0.39, 0.29) is 11.8 Å². The van der Waals surface area contributed by atoms with Crippen LogP contribution in [0.25, 0.3) is 0 Å². The van der Waals surface area contributed by atoms with E-state index in [1.807, 2.05) is 13.0 Å². The Labute approximate surface area is 176 Å². The van der Waals surface area contributed by atoms with Gasteiger partial charge in [0.2, 0.25) is 0 Å². The number of rotatable bonds is 6. The van der Waals surface area contributed by atoms with Crippen LogP contribution >= 0.6 is 0 Å². The summed E-state index contributed by atoms with van der Waals surface area (Å²) in [7, 11) is 0. The number of aryl methyl sites for hydroxylation is 1. The van der Waals surface area contributed by atoms with Crippen LogP contribution in [0.15, 0.2) is 24.5 Å². The van der Waals surface area contributed by atoms with Crippen molar-refractivity contribution in [1.82, 2.24) is 20.1 Å². The highest BCUT2D eigenvalue weighted by molar-refractivity contribution is 5.98. The Kier molecular flexibility index (Phi) is 6.42. The zero-order chi connectivity index (χ0) is 20.9. The van der Waals surface area contributed by atoms with Crippen molar-refractivity contribution in [2.45, 2.75) is 70.6 Å². The van der Waals surface area contributed by atoms with Gasteiger partial charge in [-0.15, -0.1) is 10.2 Å². The minimum Gasteiger partial charge on any atom is -0.368 e. The minimum atomic E-state index is -0.409. The van der Waals surface area contributed by atoms with Gasteiger partial charge < -0.3 is 19.9 Å². The molecule has 2 amide bonds. The first-order valence-electron chi connectivity index (χ1n) is 10.8. The zero-order valence-electron chi connectivity index (χ0n) is 17.4. The summed E-state index contributed by atoms with van der Waals surface area (Å²) < 4.78 is 7.54. The van der Waals surface area contributed by atoms with Crippen molar-refractivity contribution < 1.29 is 14.3 Å². The summed E-state index contributed by atoms with van der Waals surface area (Å²) in [4.78, 5) is 25.1. The average molecular weight is 412 g/mol. The highest BCUT2D eigenvalue weighted by atomic mass is 16.5. The molecule has 1 saturated heterocycles. The molecule has 1 atom stereocenters. The average Bonchev–Trinajstić information content (AvgIpc) is 3.46. The number of hydrogen-bond acceptors (Lipinski definition) is 5. The number of hydrogen-bond donors (Lipinski definition) is 2. The lowest BCUT2D eigenvalue weighted by molar-refractivity contribution is -0.124. The molecule has 0 bridgehead atoms. The number of benzene rings is 1. The van der Waals surface area contributed by atoms with Gasteiger partial charge in [0, 0.05) is 23.9 Å². The molecule has 1 unspecified atom stereocenters. The van der Waals surface area contributed by atoms with Crippen LogP contribution in [-0.2, 0) is 16.1 Å². The third kappa shape index (κ3) is 4.70. The van der Waals surface area contributed by atoms with Crippen LogP contribution in [-0.4, -0.2) is 39.3 Å². The van der Waals surface area contributed by atoms with E-state index in [9.17, 15) is 9.59 Å². The maximum Gasteiger partial charge on any atom is 0.253 e. The lowest BCUT2D eigenvalue weighted by atomic mass is 9.95. The van der Waals surface area contributed by atoms with Gasteiger partial charge in [0.05, 0.1) is 6.54 Å². The van der Waals surface area contributed by atoms with E-state index in [1.165, 1.54) is 19.3 Å². The third-order valence-electron chi connectivity index (χ3n) is 6.00. The van der Waals surface area contributed by atoms with E-state index >= 15 is 0 Å². The van der Waals surface area contributed by atoms with Crippen LogP contribution in [0, 0.1) is 6.92 Å². The van der Waals surface area contributed by atoms with Crippen molar-refractivity contribution in [2.75, 3.05) is 11.9 Å². The number of carbonyl (C=O) groups is 2. The van der Waals surface area contributed by atoms with Crippen LogP contribution in [0.2, 0.25) is 0 Å². The van der Waals surface area contributed by atoms with E-state index in [0.29, 0.717) is 30.4 Å². The molecule has 0 radical (unpaired) electrons. The number of nitrogens with zero attached hydrogens (tertiary/aromatic N) is 3. The second-order valence-corrected chi connectivity index (χ2v) is 8.15. The number of amides is 2. The summed E-state index contributed by atoms with van der Waals surface area (Å²) in [6, 6.07) is 5.73. The summed E-state index contributed by atoms with van der Waals surface area (Å²) in [5.41, 5.74) is 2.02. The van der Waals surface area contributed by atoms with E-state index in [4.69, 9.17) is 4.74 Å². The molecule has 2 heterocycles. The predicted octanol–water partition coefficient (Wildman–Crippen LogP) is 3.14. The third-order valence-corrected chi connectivity index (χ3v) is 6.00. The van der Waals surface area contributed by atoms with Crippen LogP contribution < -0.4 is 10.6 Å². The molecule has 4 rings (SSSR count). The Morgan fingerprint density at radius 1 is 1.17 bits per heavy atom. The highest BCUT2D eigenvalue weighted by Gasteiger charge is 2.24. The van der Waals surface area contributed by atoms with Crippen molar-refractivity contribution in [3.8, 4) is 0 Å². The first-order chi connectivity index (χ1) is 14.6. The first kappa shape index (κ1) is 20.5. The van der Waals surface area contributed by atoms with Crippen molar-refractivity contribution in [3.05, 3.63) is 41.5 Å². The summed E-state index contributed by atoms with van der Waals surface area (Å²) in [5.74, 6) is 0.406. The molecule has 30 heavy (non-hydrogen) atoms. The number of aromatic nitrogens is 3. The van der Waals surface area contributed by atoms with E-state index in [0.717, 1.165) is 37.1 Å². The Morgan fingerprint density at radius 3 is 2.77 bits per heavy atom. The molecule has 8 nitrogen and oxygen atoms in total. The van der Waals surface area contributed by atoms with Crippen LogP contribution in [0.5, 0.6) is 0 Å².